The van der Waals surface area contributed by atoms with Crippen LogP contribution in [0.2, 0.25) is 0 Å². The van der Waals surface area contributed by atoms with Gasteiger partial charge in [0.05, 0.1) is 6.04 Å². The van der Waals surface area contributed by atoms with Gasteiger partial charge in [0.15, 0.2) is 0 Å². The van der Waals surface area contributed by atoms with Gasteiger partial charge in [-0.15, -0.1) is 0 Å². The summed E-state index contributed by atoms with van der Waals surface area (Å²) in [5.74, 6) is -0.887. The minimum absolute atomic E-state index is 0.0327. The summed E-state index contributed by atoms with van der Waals surface area (Å²) < 4.78 is 0. The molecule has 0 aliphatic rings. The number of nitrogens with two attached hydrogens (primary N) is 2. The highest BCUT2D eigenvalue weighted by Gasteiger charge is 2.17. The third-order valence-electron chi connectivity index (χ3n) is 1.68. The number of thiol groups is 1. The molecule has 0 aliphatic heterocycles. The van der Waals surface area contributed by atoms with E-state index >= 15 is 0 Å². The summed E-state index contributed by atoms with van der Waals surface area (Å²) in [6.07, 6.45) is 1.78. The molecule has 0 spiro atoms. The van der Waals surface area contributed by atoms with Gasteiger partial charge in [-0.3, -0.25) is 14.4 Å². The van der Waals surface area contributed by atoms with E-state index in [1.54, 1.807) is 6.29 Å². The van der Waals surface area contributed by atoms with E-state index in [0.717, 1.165) is 0 Å². The Balaban J connectivity index is 3.97. The molecule has 0 aliphatic carbocycles. The summed E-state index contributed by atoms with van der Waals surface area (Å²) in [4.78, 5) is 32.0. The maximum Gasteiger partial charge on any atom is 0.237 e. The van der Waals surface area contributed by atoms with Gasteiger partial charge in [-0.1, -0.05) is 0 Å². The Kier molecular flexibility index (Phi) is 6.72. The maximum absolute atomic E-state index is 11.3. The van der Waals surface area contributed by atoms with Crippen molar-refractivity contribution >= 4 is 30.7 Å². The minimum atomic E-state index is -0.853. The van der Waals surface area contributed by atoms with E-state index in [1.165, 1.54) is 0 Å². The first-order valence-electron chi connectivity index (χ1n) is 4.34. The van der Waals surface area contributed by atoms with Gasteiger partial charge in [0, 0.05) is 12.2 Å². The number of amides is 2. The molecule has 0 saturated heterocycles. The second kappa shape index (κ2) is 7.24. The molecule has 1 radical (unpaired) electrons. The van der Waals surface area contributed by atoms with Crippen LogP contribution in [0.5, 0.6) is 0 Å². The molecule has 7 heteroatoms. The van der Waals surface area contributed by atoms with Gasteiger partial charge in [-0.05, 0) is 6.42 Å². The predicted octanol–water partition coefficient (Wildman–Crippen LogP) is -1.90. The summed E-state index contributed by atoms with van der Waals surface area (Å²) in [6, 6.07) is -1.63. The fraction of sp³-hybridized carbons (Fsp3) is 0.625. The van der Waals surface area contributed by atoms with E-state index in [4.69, 9.17) is 11.5 Å². The molecule has 85 valence electrons. The van der Waals surface area contributed by atoms with Crippen molar-refractivity contribution in [3.8, 4) is 0 Å². The molecule has 0 aromatic heterocycles. The molecule has 0 saturated carbocycles. The SMILES string of the molecule is NC(=O)CC[C@H](N)C(=O)N[C@H]([C]=O)CS. The van der Waals surface area contributed by atoms with E-state index in [-0.39, 0.29) is 18.6 Å². The van der Waals surface area contributed by atoms with E-state index in [2.05, 4.69) is 17.9 Å². The summed E-state index contributed by atoms with van der Waals surface area (Å²) in [6.45, 7) is 0. The fourth-order valence-electron chi connectivity index (χ4n) is 0.820. The molecule has 0 bridgehead atoms. The smallest absolute Gasteiger partial charge is 0.237 e. The van der Waals surface area contributed by atoms with Crippen LogP contribution in [-0.2, 0) is 14.4 Å². The van der Waals surface area contributed by atoms with Crippen molar-refractivity contribution in [3.63, 3.8) is 0 Å². The van der Waals surface area contributed by atoms with E-state index in [1.807, 2.05) is 0 Å². The molecular weight excluding hydrogens is 218 g/mol. The van der Waals surface area contributed by atoms with Gasteiger partial charge in [-0.25, -0.2) is 0 Å². The molecular formula is C8H14N3O3S. The number of nitrogens with one attached hydrogen (secondary N) is 1. The van der Waals surface area contributed by atoms with Gasteiger partial charge >= 0.3 is 0 Å². The van der Waals surface area contributed by atoms with Crippen molar-refractivity contribution in [1.82, 2.24) is 5.32 Å². The fourth-order valence-corrected chi connectivity index (χ4v) is 0.986. The number of primary amides is 1. The molecule has 0 aromatic carbocycles. The van der Waals surface area contributed by atoms with Crippen molar-refractivity contribution in [1.29, 1.82) is 0 Å². The maximum atomic E-state index is 11.3. The first kappa shape index (κ1) is 13.9. The van der Waals surface area contributed by atoms with Gasteiger partial charge in [-0.2, -0.15) is 12.6 Å². The van der Waals surface area contributed by atoms with Crippen LogP contribution in [0.4, 0.5) is 0 Å². The molecule has 0 aromatic rings. The lowest BCUT2D eigenvalue weighted by Gasteiger charge is -2.13. The molecule has 6 nitrogen and oxygen atoms in total. The Morgan fingerprint density at radius 2 is 2.07 bits per heavy atom. The highest BCUT2D eigenvalue weighted by atomic mass is 32.1. The van der Waals surface area contributed by atoms with Crippen molar-refractivity contribution in [2.24, 2.45) is 11.5 Å². The topological polar surface area (TPSA) is 115 Å². The van der Waals surface area contributed by atoms with Gasteiger partial charge in [0.25, 0.3) is 0 Å². The zero-order valence-electron chi connectivity index (χ0n) is 8.10. The van der Waals surface area contributed by atoms with Crippen LogP contribution in [0, 0.1) is 0 Å². The van der Waals surface area contributed by atoms with Crippen LogP contribution in [0.15, 0.2) is 0 Å². The van der Waals surface area contributed by atoms with E-state index in [9.17, 15) is 14.4 Å². The predicted molar refractivity (Wildman–Crippen MR) is 57.9 cm³/mol. The van der Waals surface area contributed by atoms with Gasteiger partial charge < -0.3 is 16.8 Å². The summed E-state index contributed by atoms with van der Waals surface area (Å²) in [7, 11) is 0. The number of rotatable bonds is 7. The largest absolute Gasteiger partial charge is 0.370 e. The first-order valence-corrected chi connectivity index (χ1v) is 4.97. The number of hydrogen-bond acceptors (Lipinski definition) is 5. The molecule has 0 rings (SSSR count). The Bertz CT molecular complexity index is 247. The average molecular weight is 232 g/mol. The second-order valence-electron chi connectivity index (χ2n) is 2.97. The van der Waals surface area contributed by atoms with Crippen molar-refractivity contribution in [2.75, 3.05) is 5.75 Å². The molecule has 0 fully saturated rings. The van der Waals surface area contributed by atoms with E-state index in [0.29, 0.717) is 0 Å². The van der Waals surface area contributed by atoms with Crippen LogP contribution in [-0.4, -0.2) is 35.9 Å². The van der Waals surface area contributed by atoms with Crippen LogP contribution >= 0.6 is 12.6 Å². The molecule has 15 heavy (non-hydrogen) atoms. The van der Waals surface area contributed by atoms with Crippen LogP contribution in [0.1, 0.15) is 12.8 Å². The Morgan fingerprint density at radius 3 is 2.47 bits per heavy atom. The zero-order valence-corrected chi connectivity index (χ0v) is 9.00. The Morgan fingerprint density at radius 1 is 1.47 bits per heavy atom. The van der Waals surface area contributed by atoms with Crippen molar-refractivity contribution < 1.29 is 14.4 Å². The molecule has 5 N–H and O–H groups in total. The summed E-state index contributed by atoms with van der Waals surface area (Å²) >= 11 is 3.83. The third kappa shape index (κ3) is 6.08. The molecule has 2 atom stereocenters. The summed E-state index contributed by atoms with van der Waals surface area (Å²) in [5.41, 5.74) is 10.3. The lowest BCUT2D eigenvalue weighted by molar-refractivity contribution is -0.123. The minimum Gasteiger partial charge on any atom is -0.370 e. The molecule has 2 amide bonds. The van der Waals surface area contributed by atoms with Crippen molar-refractivity contribution in [2.45, 2.75) is 24.9 Å². The van der Waals surface area contributed by atoms with Crippen molar-refractivity contribution in [3.05, 3.63) is 0 Å². The number of hydrogen-bond donors (Lipinski definition) is 4. The number of carbonyl (C=O) groups is 2. The standard InChI is InChI=1S/C8H14N3O3S/c9-6(1-2-7(10)13)8(14)11-5(3-12)4-15/h5-6,15H,1-2,4,9H2,(H2,10,13)(H,11,14)/t5-,6+/m1/s1. The lowest BCUT2D eigenvalue weighted by atomic mass is 10.1. The lowest BCUT2D eigenvalue weighted by Crippen LogP contribution is -2.47. The normalized spacial score (nSPS) is 14.0. The average Bonchev–Trinajstić information content (AvgIpc) is 2.21. The summed E-state index contributed by atoms with van der Waals surface area (Å²) in [5, 5.41) is 2.32. The van der Waals surface area contributed by atoms with Crippen LogP contribution < -0.4 is 16.8 Å². The highest BCUT2D eigenvalue weighted by Crippen LogP contribution is 1.95. The van der Waals surface area contributed by atoms with Crippen LogP contribution in [0.3, 0.4) is 0 Å². The molecule has 0 heterocycles. The number of carbonyl (C=O) groups excluding carboxylic acids is 3. The highest BCUT2D eigenvalue weighted by molar-refractivity contribution is 7.80. The monoisotopic (exact) mass is 232 g/mol. The van der Waals surface area contributed by atoms with Gasteiger partial charge in [0.2, 0.25) is 18.1 Å². The third-order valence-corrected chi connectivity index (χ3v) is 2.04. The van der Waals surface area contributed by atoms with Crippen LogP contribution in [0.25, 0.3) is 0 Å². The Hall–Kier alpha value is -1.08. The second-order valence-corrected chi connectivity index (χ2v) is 3.34. The Labute approximate surface area is 93.2 Å². The van der Waals surface area contributed by atoms with Gasteiger partial charge in [0.1, 0.15) is 6.04 Å². The zero-order chi connectivity index (χ0) is 11.8. The quantitative estimate of drug-likeness (QED) is 0.384. The first-order chi connectivity index (χ1) is 7.01. The van der Waals surface area contributed by atoms with E-state index < -0.39 is 23.9 Å². The molecule has 0 unspecified atom stereocenters.